The smallest absolute Gasteiger partial charge is 0.420 e. The van der Waals surface area contributed by atoms with Crippen molar-refractivity contribution in [2.24, 2.45) is 7.05 Å². The Kier molecular flexibility index (Phi) is 5.41. The van der Waals surface area contributed by atoms with Crippen molar-refractivity contribution in [2.75, 3.05) is 5.32 Å². The highest BCUT2D eigenvalue weighted by Crippen LogP contribution is 2.21. The van der Waals surface area contributed by atoms with E-state index in [9.17, 15) is 24.5 Å². The van der Waals surface area contributed by atoms with Gasteiger partial charge in [0.15, 0.2) is 11.7 Å². The molecule has 3 aromatic rings. The number of hydrogen-bond acceptors (Lipinski definition) is 8. The van der Waals surface area contributed by atoms with Gasteiger partial charge in [-0.25, -0.2) is 4.79 Å². The number of ether oxygens (including phenoxy) is 1. The second-order valence-electron chi connectivity index (χ2n) is 6.65. The van der Waals surface area contributed by atoms with Crippen molar-refractivity contribution in [3.8, 4) is 0 Å². The van der Waals surface area contributed by atoms with E-state index in [0.717, 1.165) is 16.3 Å². The number of carbonyl (C=O) groups is 2. The van der Waals surface area contributed by atoms with Crippen LogP contribution in [-0.2, 0) is 27.9 Å². The Labute approximate surface area is 169 Å². The molecule has 1 N–H and O–H groups in total. The van der Waals surface area contributed by atoms with E-state index in [1.165, 1.54) is 19.1 Å². The van der Waals surface area contributed by atoms with Crippen LogP contribution in [-0.4, -0.2) is 37.3 Å². The number of nitro benzene ring substituents is 1. The highest BCUT2D eigenvalue weighted by molar-refractivity contribution is 5.96. The summed E-state index contributed by atoms with van der Waals surface area (Å²) in [6.07, 6.45) is -1.13. The molecule has 3 rings (SSSR count). The monoisotopic (exact) mass is 417 g/mol. The Bertz CT molecular complexity index is 1220. The minimum absolute atomic E-state index is 0.0321. The van der Waals surface area contributed by atoms with Crippen LogP contribution in [0.4, 0.5) is 11.4 Å². The van der Waals surface area contributed by atoms with Gasteiger partial charge in [-0.3, -0.25) is 29.0 Å². The van der Waals surface area contributed by atoms with Crippen LogP contribution in [0.25, 0.3) is 11.1 Å². The lowest BCUT2D eigenvalue weighted by molar-refractivity contribution is -0.384. The predicted octanol–water partition coefficient (Wildman–Crippen LogP) is 1.42. The largest absolute Gasteiger partial charge is 0.451 e. The van der Waals surface area contributed by atoms with Crippen molar-refractivity contribution in [1.29, 1.82) is 0 Å². The van der Waals surface area contributed by atoms with Gasteiger partial charge in [0, 0.05) is 13.1 Å². The number of non-ortho nitro benzene ring substituents is 1. The molecule has 2 aromatic heterocycles. The number of anilines is 1. The molecule has 30 heavy (non-hydrogen) atoms. The van der Waals surface area contributed by atoms with Crippen LogP contribution < -0.4 is 11.1 Å². The predicted molar refractivity (Wildman–Crippen MR) is 104 cm³/mol. The van der Waals surface area contributed by atoms with Crippen molar-refractivity contribution < 1.29 is 23.7 Å². The van der Waals surface area contributed by atoms with Gasteiger partial charge < -0.3 is 14.5 Å². The van der Waals surface area contributed by atoms with Crippen molar-refractivity contribution in [3.63, 3.8) is 0 Å². The molecule has 0 saturated heterocycles. The molecule has 1 aromatic carbocycles. The number of benzene rings is 1. The van der Waals surface area contributed by atoms with Crippen LogP contribution in [0, 0.1) is 24.0 Å². The van der Waals surface area contributed by atoms with E-state index in [1.54, 1.807) is 25.6 Å². The second kappa shape index (κ2) is 7.81. The maximum atomic E-state index is 12.4. The Morgan fingerprint density at radius 2 is 2.07 bits per heavy atom. The molecule has 0 saturated carbocycles. The Hall–Kier alpha value is -3.96. The number of aryl methyl sites for hydroxylation is 2. The van der Waals surface area contributed by atoms with Gasteiger partial charge in [-0.15, -0.1) is 0 Å². The molecule has 0 spiro atoms. The number of oxazole rings is 1. The summed E-state index contributed by atoms with van der Waals surface area (Å²) in [4.78, 5) is 46.9. The van der Waals surface area contributed by atoms with Gasteiger partial charge in [-0.1, -0.05) is 0 Å². The lowest BCUT2D eigenvalue weighted by atomic mass is 10.3. The normalized spacial score (nSPS) is 12.0. The molecular weight excluding hydrogens is 398 g/mol. The molecule has 0 bridgehead atoms. The van der Waals surface area contributed by atoms with E-state index >= 15 is 0 Å². The molecule has 0 radical (unpaired) electrons. The average Bonchev–Trinajstić information content (AvgIpc) is 3.11. The second-order valence-corrected chi connectivity index (χ2v) is 6.65. The molecule has 12 heteroatoms. The maximum absolute atomic E-state index is 12.4. The van der Waals surface area contributed by atoms with Crippen LogP contribution in [0.1, 0.15) is 18.3 Å². The van der Waals surface area contributed by atoms with Crippen molar-refractivity contribution in [2.45, 2.75) is 33.4 Å². The molecule has 1 amide bonds. The minimum Gasteiger partial charge on any atom is -0.451 e. The highest BCUT2D eigenvalue weighted by atomic mass is 16.6. The van der Waals surface area contributed by atoms with Gasteiger partial charge >= 0.3 is 11.7 Å². The van der Waals surface area contributed by atoms with Crippen molar-refractivity contribution >= 4 is 34.4 Å². The minimum atomic E-state index is -1.13. The standard InChI is InChI=1S/C18H19N5O7/c1-9-16(10(2)21(4)20-9)19-17(25)11(3)29-15(24)8-22-13-6-5-12(23(27)28)7-14(13)30-18(22)26/h5-7,11H,8H2,1-4H3,(H,19,25). The zero-order chi connectivity index (χ0) is 22.2. The Balaban J connectivity index is 1.70. The Morgan fingerprint density at radius 3 is 2.67 bits per heavy atom. The third-order valence-corrected chi connectivity index (χ3v) is 4.58. The van der Waals surface area contributed by atoms with Crippen LogP contribution in [0.2, 0.25) is 0 Å². The highest BCUT2D eigenvalue weighted by Gasteiger charge is 2.23. The average molecular weight is 417 g/mol. The first-order valence-electron chi connectivity index (χ1n) is 8.86. The molecule has 12 nitrogen and oxygen atoms in total. The van der Waals surface area contributed by atoms with Gasteiger partial charge in [0.2, 0.25) is 0 Å². The van der Waals surface area contributed by atoms with Crippen molar-refractivity contribution in [1.82, 2.24) is 14.3 Å². The Morgan fingerprint density at radius 1 is 1.37 bits per heavy atom. The number of amides is 1. The number of carbonyl (C=O) groups excluding carboxylic acids is 2. The first-order chi connectivity index (χ1) is 14.1. The van der Waals surface area contributed by atoms with E-state index in [2.05, 4.69) is 10.4 Å². The number of rotatable bonds is 6. The van der Waals surface area contributed by atoms with Crippen LogP contribution in [0.5, 0.6) is 0 Å². The molecule has 1 atom stereocenters. The quantitative estimate of drug-likeness (QED) is 0.359. The van der Waals surface area contributed by atoms with E-state index in [-0.39, 0.29) is 16.8 Å². The summed E-state index contributed by atoms with van der Waals surface area (Å²) < 4.78 is 12.7. The summed E-state index contributed by atoms with van der Waals surface area (Å²) in [5.41, 5.74) is 1.80. The fraction of sp³-hybridized carbons (Fsp3) is 0.333. The summed E-state index contributed by atoms with van der Waals surface area (Å²) in [5.74, 6) is -2.27. The molecule has 0 aliphatic heterocycles. The lowest BCUT2D eigenvalue weighted by Crippen LogP contribution is -2.32. The summed E-state index contributed by atoms with van der Waals surface area (Å²) in [5, 5.41) is 17.7. The number of nitro groups is 1. The molecule has 158 valence electrons. The summed E-state index contributed by atoms with van der Waals surface area (Å²) in [7, 11) is 1.74. The fourth-order valence-corrected chi connectivity index (χ4v) is 2.91. The van der Waals surface area contributed by atoms with Crippen LogP contribution >= 0.6 is 0 Å². The number of nitrogens with zero attached hydrogens (tertiary/aromatic N) is 4. The van der Waals surface area contributed by atoms with Crippen molar-refractivity contribution in [3.05, 3.63) is 50.3 Å². The summed E-state index contributed by atoms with van der Waals surface area (Å²) in [6.45, 7) is 4.40. The molecule has 2 heterocycles. The topological polar surface area (TPSA) is 152 Å². The van der Waals surface area contributed by atoms with E-state index in [0.29, 0.717) is 11.4 Å². The number of fused-ring (bicyclic) bond motifs is 1. The summed E-state index contributed by atoms with van der Waals surface area (Å²) in [6, 6.07) is 3.58. The van der Waals surface area contributed by atoms with E-state index in [1.807, 2.05) is 0 Å². The molecule has 0 aliphatic rings. The van der Waals surface area contributed by atoms with E-state index < -0.39 is 35.2 Å². The van der Waals surface area contributed by atoms with Gasteiger partial charge in [0.1, 0.15) is 6.54 Å². The van der Waals surface area contributed by atoms with E-state index in [4.69, 9.17) is 9.15 Å². The van der Waals surface area contributed by atoms with Gasteiger partial charge in [0.25, 0.3) is 11.6 Å². The lowest BCUT2D eigenvalue weighted by Gasteiger charge is -2.14. The molecule has 0 fully saturated rings. The van der Waals surface area contributed by atoms with Gasteiger partial charge in [-0.05, 0) is 26.8 Å². The summed E-state index contributed by atoms with van der Waals surface area (Å²) >= 11 is 0. The van der Waals surface area contributed by atoms with Crippen LogP contribution in [0.3, 0.4) is 0 Å². The number of esters is 1. The van der Waals surface area contributed by atoms with Gasteiger partial charge in [0.05, 0.1) is 33.6 Å². The fourth-order valence-electron chi connectivity index (χ4n) is 2.91. The first kappa shape index (κ1) is 20.8. The van der Waals surface area contributed by atoms with Gasteiger partial charge in [-0.2, -0.15) is 5.10 Å². The molecule has 1 unspecified atom stereocenters. The van der Waals surface area contributed by atoms with Crippen LogP contribution in [0.15, 0.2) is 27.4 Å². The SMILES string of the molecule is Cc1nn(C)c(C)c1NC(=O)C(C)OC(=O)Cn1c(=O)oc2cc([N+](=O)[O-])ccc21. The number of aromatic nitrogens is 3. The third-order valence-electron chi connectivity index (χ3n) is 4.58. The first-order valence-corrected chi connectivity index (χ1v) is 8.86. The molecule has 0 aliphatic carbocycles. The zero-order valence-electron chi connectivity index (χ0n) is 16.7. The number of nitrogens with one attached hydrogen (secondary N) is 1. The zero-order valence-corrected chi connectivity index (χ0v) is 16.7. The molecular formula is C18H19N5O7. The number of hydrogen-bond donors (Lipinski definition) is 1. The maximum Gasteiger partial charge on any atom is 0.420 e. The third kappa shape index (κ3) is 3.92.